The molecule has 0 bridgehead atoms. The van der Waals surface area contributed by atoms with Crippen LogP contribution in [0.2, 0.25) is 5.02 Å². The van der Waals surface area contributed by atoms with E-state index in [-0.39, 0.29) is 35.1 Å². The molecule has 0 heterocycles. The van der Waals surface area contributed by atoms with E-state index >= 15 is 0 Å². The van der Waals surface area contributed by atoms with Crippen LogP contribution in [0, 0.1) is 11.7 Å². The van der Waals surface area contributed by atoms with Crippen LogP contribution in [0.1, 0.15) is 53.9 Å². The summed E-state index contributed by atoms with van der Waals surface area (Å²) in [5, 5.41) is 2.36. The monoisotopic (exact) mass is 443 g/mol. The molecule has 0 aliphatic carbocycles. The molecule has 1 unspecified atom stereocenters. The number of nitrogens with one attached hydrogen (secondary N) is 1. The second kappa shape index (κ2) is 12.4. The minimum absolute atomic E-state index is 0.0724. The third-order valence-electron chi connectivity index (χ3n) is 3.84. The molecule has 168 valence electrons. The van der Waals surface area contributed by atoms with E-state index in [1.165, 1.54) is 6.07 Å². The van der Waals surface area contributed by atoms with Crippen LogP contribution in [0.5, 0.6) is 5.75 Å². The van der Waals surface area contributed by atoms with E-state index in [4.69, 9.17) is 25.8 Å². The molecule has 1 atom stereocenters. The number of hydrogen-bond donors (Lipinski definition) is 1. The summed E-state index contributed by atoms with van der Waals surface area (Å²) in [6, 6.07) is 2.29. The van der Waals surface area contributed by atoms with Crippen molar-refractivity contribution in [1.82, 2.24) is 0 Å². The Morgan fingerprint density at radius 2 is 1.90 bits per heavy atom. The van der Waals surface area contributed by atoms with Crippen molar-refractivity contribution in [3.8, 4) is 5.75 Å². The molecule has 1 aromatic carbocycles. The molecular formula is C22H31ClFNO5. The molecule has 6 nitrogen and oxygen atoms in total. The quantitative estimate of drug-likeness (QED) is 0.329. The number of unbranched alkanes of at least 4 members (excludes halogenated alkanes) is 1. The average molecular weight is 444 g/mol. The maximum absolute atomic E-state index is 14.2. The molecular weight excluding hydrogens is 413 g/mol. The largest absolute Gasteiger partial charge is 0.489 e. The van der Waals surface area contributed by atoms with Crippen molar-refractivity contribution >= 4 is 29.4 Å². The molecule has 1 aromatic rings. The molecule has 0 saturated heterocycles. The Labute approximate surface area is 182 Å². The molecule has 1 N–H and O–H groups in total. The van der Waals surface area contributed by atoms with Crippen molar-refractivity contribution in [3.63, 3.8) is 0 Å². The number of benzene rings is 1. The first kappa shape index (κ1) is 25.8. The smallest absolute Gasteiger partial charge is 0.412 e. The lowest BCUT2D eigenvalue weighted by Crippen LogP contribution is -2.33. The van der Waals surface area contributed by atoms with Gasteiger partial charge in [-0.05, 0) is 44.2 Å². The number of halogens is 2. The summed E-state index contributed by atoms with van der Waals surface area (Å²) in [7, 11) is 0. The van der Waals surface area contributed by atoms with Gasteiger partial charge in [0.05, 0.1) is 23.4 Å². The van der Waals surface area contributed by atoms with Gasteiger partial charge in [-0.15, -0.1) is 0 Å². The van der Waals surface area contributed by atoms with Crippen molar-refractivity contribution in [2.45, 2.75) is 66.1 Å². The highest BCUT2D eigenvalue weighted by Crippen LogP contribution is 2.31. The Morgan fingerprint density at radius 1 is 1.23 bits per heavy atom. The number of esters is 1. The minimum Gasteiger partial charge on any atom is -0.489 e. The summed E-state index contributed by atoms with van der Waals surface area (Å²) >= 11 is 5.98. The van der Waals surface area contributed by atoms with Crippen molar-refractivity contribution in [2.75, 3.05) is 11.9 Å². The normalized spacial score (nSPS) is 11.9. The van der Waals surface area contributed by atoms with Gasteiger partial charge in [-0.25, -0.2) is 14.0 Å². The Bertz CT molecular complexity index is 751. The number of ether oxygens (including phenoxy) is 3. The predicted molar refractivity (Wildman–Crippen MR) is 116 cm³/mol. The van der Waals surface area contributed by atoms with E-state index in [0.29, 0.717) is 12.0 Å². The summed E-state index contributed by atoms with van der Waals surface area (Å²) in [5.74, 6) is -1.14. The second-order valence-electron chi connectivity index (χ2n) is 7.63. The Hall–Kier alpha value is -2.28. The van der Waals surface area contributed by atoms with Gasteiger partial charge in [0.25, 0.3) is 0 Å². The van der Waals surface area contributed by atoms with Crippen LogP contribution >= 0.6 is 11.6 Å². The van der Waals surface area contributed by atoms with Gasteiger partial charge in [0.15, 0.2) is 0 Å². The molecule has 8 heteroatoms. The number of carbonyl (C=O) groups excluding carboxylic acids is 2. The molecule has 0 aliphatic rings. The van der Waals surface area contributed by atoms with Gasteiger partial charge in [0, 0.05) is 6.07 Å². The number of amides is 1. The van der Waals surface area contributed by atoms with Crippen LogP contribution in [0.4, 0.5) is 14.9 Å². The lowest BCUT2D eigenvalue weighted by Gasteiger charge is -2.20. The molecule has 0 radical (unpaired) electrons. The molecule has 0 fully saturated rings. The van der Waals surface area contributed by atoms with Gasteiger partial charge in [0.1, 0.15) is 11.6 Å². The van der Waals surface area contributed by atoms with Crippen LogP contribution in [-0.4, -0.2) is 30.9 Å². The van der Waals surface area contributed by atoms with Crippen LogP contribution in [0.3, 0.4) is 0 Å². The Balaban J connectivity index is 2.95. The third-order valence-corrected chi connectivity index (χ3v) is 4.14. The Kier molecular flexibility index (Phi) is 10.7. The first-order chi connectivity index (χ1) is 14.0. The van der Waals surface area contributed by atoms with Crippen LogP contribution in [-0.2, 0) is 14.3 Å². The van der Waals surface area contributed by atoms with Crippen molar-refractivity contribution in [2.24, 2.45) is 5.92 Å². The molecule has 30 heavy (non-hydrogen) atoms. The topological polar surface area (TPSA) is 73.9 Å². The minimum atomic E-state index is -1.28. The molecule has 1 amide bonds. The highest BCUT2D eigenvalue weighted by molar-refractivity contribution is 6.32. The van der Waals surface area contributed by atoms with Gasteiger partial charge < -0.3 is 14.2 Å². The van der Waals surface area contributed by atoms with E-state index in [0.717, 1.165) is 18.9 Å². The van der Waals surface area contributed by atoms with Crippen molar-refractivity contribution in [3.05, 3.63) is 35.1 Å². The maximum atomic E-state index is 14.2. The summed E-state index contributed by atoms with van der Waals surface area (Å²) in [6.07, 6.45) is -0.345. The summed E-state index contributed by atoms with van der Waals surface area (Å²) < 4.78 is 30.2. The Morgan fingerprint density at radius 3 is 2.47 bits per heavy atom. The molecule has 0 aliphatic heterocycles. The zero-order valence-electron chi connectivity index (χ0n) is 18.2. The molecule has 1 rings (SSSR count). The van der Waals surface area contributed by atoms with E-state index in [9.17, 15) is 14.0 Å². The lowest BCUT2D eigenvalue weighted by atomic mass is 10.1. The van der Waals surface area contributed by atoms with E-state index in [1.807, 2.05) is 20.8 Å². The first-order valence-corrected chi connectivity index (χ1v) is 10.4. The average Bonchev–Trinajstić information content (AvgIpc) is 2.65. The van der Waals surface area contributed by atoms with E-state index in [2.05, 4.69) is 11.9 Å². The van der Waals surface area contributed by atoms with E-state index in [1.54, 1.807) is 13.8 Å². The number of hydrogen-bond acceptors (Lipinski definition) is 5. The molecule has 0 saturated carbocycles. The summed E-state index contributed by atoms with van der Waals surface area (Å²) in [4.78, 5) is 24.8. The number of anilines is 1. The zero-order chi connectivity index (χ0) is 22.8. The SMILES string of the molecule is C=C(CCCC)C(OC(=O)Nc1cc(OC(C)C)c(Cl)cc1F)C(=O)OCC(C)C. The van der Waals surface area contributed by atoms with Crippen LogP contribution < -0.4 is 10.1 Å². The number of rotatable bonds is 11. The first-order valence-electron chi connectivity index (χ1n) is 10.0. The van der Waals surface area contributed by atoms with Gasteiger partial charge >= 0.3 is 12.1 Å². The predicted octanol–water partition coefficient (Wildman–Crippen LogP) is 6.13. The summed E-state index contributed by atoms with van der Waals surface area (Å²) in [5.41, 5.74) is 0.231. The number of carbonyl (C=O) groups is 2. The van der Waals surface area contributed by atoms with E-state index < -0.39 is 24.0 Å². The fourth-order valence-corrected chi connectivity index (χ4v) is 2.57. The van der Waals surface area contributed by atoms with Crippen LogP contribution in [0.25, 0.3) is 0 Å². The van der Waals surface area contributed by atoms with Gasteiger partial charge in [0.2, 0.25) is 6.10 Å². The fourth-order valence-electron chi connectivity index (χ4n) is 2.37. The van der Waals surface area contributed by atoms with Crippen molar-refractivity contribution in [1.29, 1.82) is 0 Å². The molecule has 0 aromatic heterocycles. The zero-order valence-corrected chi connectivity index (χ0v) is 19.0. The van der Waals surface area contributed by atoms with Crippen LogP contribution in [0.15, 0.2) is 24.3 Å². The highest BCUT2D eigenvalue weighted by atomic mass is 35.5. The van der Waals surface area contributed by atoms with Gasteiger partial charge in [-0.3, -0.25) is 5.32 Å². The third kappa shape index (κ3) is 8.61. The van der Waals surface area contributed by atoms with Gasteiger partial charge in [-0.1, -0.05) is 45.4 Å². The second-order valence-corrected chi connectivity index (χ2v) is 8.03. The standard InChI is InChI=1S/C22H31ClFNO5/c1-7-8-9-15(6)20(21(26)28-12-13(2)3)30-22(27)25-18-11-19(29-14(4)5)16(23)10-17(18)24/h10-11,13-14,20H,6-9,12H2,1-5H3,(H,25,27). The summed E-state index contributed by atoms with van der Waals surface area (Å²) in [6.45, 7) is 13.4. The maximum Gasteiger partial charge on any atom is 0.412 e. The molecule has 0 spiro atoms. The van der Waals surface area contributed by atoms with Gasteiger partial charge in [-0.2, -0.15) is 0 Å². The fraction of sp³-hybridized carbons (Fsp3) is 0.545. The van der Waals surface area contributed by atoms with Crippen molar-refractivity contribution < 1.29 is 28.2 Å². The lowest BCUT2D eigenvalue weighted by molar-refractivity contribution is -0.152. The highest BCUT2D eigenvalue weighted by Gasteiger charge is 2.28.